The molecule has 8 nitrogen and oxygen atoms in total. The number of hydrogen-bond donors (Lipinski definition) is 3. The lowest BCUT2D eigenvalue weighted by Gasteiger charge is -2.13. The Morgan fingerprint density at radius 1 is 1.47 bits per heavy atom. The zero-order valence-corrected chi connectivity index (χ0v) is 10.4. The number of nitrogens with one attached hydrogen (secondary N) is 2. The highest BCUT2D eigenvalue weighted by molar-refractivity contribution is 5.92. The van der Waals surface area contributed by atoms with E-state index in [1.807, 2.05) is 19.2 Å². The summed E-state index contributed by atoms with van der Waals surface area (Å²) >= 11 is 0. The quantitative estimate of drug-likeness (QED) is 0.507. The van der Waals surface area contributed by atoms with Gasteiger partial charge in [-0.2, -0.15) is 5.10 Å². The first-order chi connectivity index (χ1) is 9.19. The molecule has 2 aromatic rings. The number of carbonyl (C=O) groups is 1. The average molecular weight is 261 g/mol. The SMILES string of the molecule is CC(Cn1cccn1)NC(=O)c1cnc(NN)cn1. The van der Waals surface area contributed by atoms with E-state index in [-0.39, 0.29) is 17.6 Å². The first kappa shape index (κ1) is 13.0. The summed E-state index contributed by atoms with van der Waals surface area (Å²) in [6, 6.07) is 1.76. The van der Waals surface area contributed by atoms with Crippen LogP contribution in [0.15, 0.2) is 30.9 Å². The fourth-order valence-corrected chi connectivity index (χ4v) is 1.55. The molecular formula is C11H15N7O. The van der Waals surface area contributed by atoms with Gasteiger partial charge >= 0.3 is 0 Å². The van der Waals surface area contributed by atoms with E-state index in [4.69, 9.17) is 5.84 Å². The summed E-state index contributed by atoms with van der Waals surface area (Å²) < 4.78 is 1.75. The normalized spacial score (nSPS) is 11.9. The molecule has 1 atom stereocenters. The lowest BCUT2D eigenvalue weighted by atomic mass is 10.3. The molecule has 0 aliphatic carbocycles. The Kier molecular flexibility index (Phi) is 4.04. The molecule has 1 unspecified atom stereocenters. The Morgan fingerprint density at radius 2 is 2.32 bits per heavy atom. The third kappa shape index (κ3) is 3.49. The fraction of sp³-hybridized carbons (Fsp3) is 0.273. The van der Waals surface area contributed by atoms with Crippen LogP contribution in [0.5, 0.6) is 0 Å². The number of anilines is 1. The molecule has 19 heavy (non-hydrogen) atoms. The summed E-state index contributed by atoms with van der Waals surface area (Å²) in [5, 5.41) is 6.89. The number of aromatic nitrogens is 4. The van der Waals surface area contributed by atoms with Gasteiger partial charge in [-0.1, -0.05) is 0 Å². The summed E-state index contributed by atoms with van der Waals surface area (Å²) in [6.07, 6.45) is 6.29. The number of hydrazine groups is 1. The Labute approximate surface area is 110 Å². The first-order valence-electron chi connectivity index (χ1n) is 5.76. The largest absolute Gasteiger partial charge is 0.346 e. The molecule has 0 aliphatic heterocycles. The van der Waals surface area contributed by atoms with Gasteiger partial charge < -0.3 is 10.7 Å². The molecular weight excluding hydrogens is 246 g/mol. The van der Waals surface area contributed by atoms with Crippen LogP contribution in [0.3, 0.4) is 0 Å². The van der Waals surface area contributed by atoms with Gasteiger partial charge in [0.25, 0.3) is 5.91 Å². The van der Waals surface area contributed by atoms with Crippen molar-refractivity contribution in [3.05, 3.63) is 36.5 Å². The Morgan fingerprint density at radius 3 is 2.89 bits per heavy atom. The maximum Gasteiger partial charge on any atom is 0.271 e. The van der Waals surface area contributed by atoms with Gasteiger partial charge in [0, 0.05) is 18.4 Å². The second kappa shape index (κ2) is 5.91. The van der Waals surface area contributed by atoms with E-state index in [0.717, 1.165) is 0 Å². The van der Waals surface area contributed by atoms with Crippen molar-refractivity contribution in [3.8, 4) is 0 Å². The molecule has 4 N–H and O–H groups in total. The van der Waals surface area contributed by atoms with Crippen molar-refractivity contribution in [2.75, 3.05) is 5.43 Å². The molecule has 0 aliphatic rings. The van der Waals surface area contributed by atoms with Crippen LogP contribution in [0.4, 0.5) is 5.82 Å². The topological polar surface area (TPSA) is 111 Å². The highest BCUT2D eigenvalue weighted by Gasteiger charge is 2.12. The van der Waals surface area contributed by atoms with Crippen molar-refractivity contribution in [2.24, 2.45) is 5.84 Å². The molecule has 2 rings (SSSR count). The van der Waals surface area contributed by atoms with Gasteiger partial charge in [0.15, 0.2) is 5.82 Å². The van der Waals surface area contributed by atoms with Gasteiger partial charge in [-0.25, -0.2) is 15.8 Å². The monoisotopic (exact) mass is 261 g/mol. The number of nitrogen functional groups attached to an aromatic ring is 1. The summed E-state index contributed by atoms with van der Waals surface area (Å²) in [6.45, 7) is 2.48. The molecule has 8 heteroatoms. The minimum absolute atomic E-state index is 0.0680. The second-order valence-corrected chi connectivity index (χ2v) is 4.03. The summed E-state index contributed by atoms with van der Waals surface area (Å²) in [5.41, 5.74) is 2.59. The second-order valence-electron chi connectivity index (χ2n) is 4.03. The third-order valence-electron chi connectivity index (χ3n) is 2.43. The van der Waals surface area contributed by atoms with Gasteiger partial charge in [0.2, 0.25) is 0 Å². The van der Waals surface area contributed by atoms with Crippen molar-refractivity contribution in [2.45, 2.75) is 19.5 Å². The lowest BCUT2D eigenvalue weighted by molar-refractivity contribution is 0.0930. The number of nitrogens with zero attached hydrogens (tertiary/aromatic N) is 4. The van der Waals surface area contributed by atoms with Gasteiger partial charge in [-0.3, -0.25) is 9.48 Å². The predicted molar refractivity (Wildman–Crippen MR) is 69.0 cm³/mol. The molecule has 0 bridgehead atoms. The highest BCUT2D eigenvalue weighted by atomic mass is 16.1. The standard InChI is InChI=1S/C11H15N7O/c1-8(7-18-4-2-3-15-18)16-11(19)9-5-14-10(17-12)6-13-9/h2-6,8H,7,12H2,1H3,(H,14,17)(H,16,19). The Bertz CT molecular complexity index is 522. The van der Waals surface area contributed by atoms with Gasteiger partial charge in [0.05, 0.1) is 18.9 Å². The van der Waals surface area contributed by atoms with E-state index in [0.29, 0.717) is 12.4 Å². The van der Waals surface area contributed by atoms with Crippen LogP contribution in [0.25, 0.3) is 0 Å². The molecule has 0 saturated heterocycles. The lowest BCUT2D eigenvalue weighted by Crippen LogP contribution is -2.36. The van der Waals surface area contributed by atoms with E-state index >= 15 is 0 Å². The molecule has 2 aromatic heterocycles. The maximum atomic E-state index is 11.9. The molecule has 0 aromatic carbocycles. The van der Waals surface area contributed by atoms with Crippen molar-refractivity contribution < 1.29 is 4.79 Å². The number of amides is 1. The molecule has 0 radical (unpaired) electrons. The first-order valence-corrected chi connectivity index (χ1v) is 5.76. The Hall–Kier alpha value is -2.48. The van der Waals surface area contributed by atoms with Crippen LogP contribution in [0.1, 0.15) is 17.4 Å². The summed E-state index contributed by atoms with van der Waals surface area (Å²) in [7, 11) is 0. The number of carbonyl (C=O) groups excluding carboxylic acids is 1. The number of nitrogens with two attached hydrogens (primary N) is 1. The van der Waals surface area contributed by atoms with Crippen LogP contribution in [-0.4, -0.2) is 31.7 Å². The van der Waals surface area contributed by atoms with Crippen molar-refractivity contribution in [1.82, 2.24) is 25.1 Å². The van der Waals surface area contributed by atoms with Gasteiger partial charge in [-0.15, -0.1) is 0 Å². The number of rotatable bonds is 5. The van der Waals surface area contributed by atoms with E-state index < -0.39 is 0 Å². The van der Waals surface area contributed by atoms with E-state index in [1.165, 1.54) is 12.4 Å². The third-order valence-corrected chi connectivity index (χ3v) is 2.43. The zero-order chi connectivity index (χ0) is 13.7. The van der Waals surface area contributed by atoms with E-state index in [2.05, 4.69) is 25.8 Å². The van der Waals surface area contributed by atoms with Gasteiger partial charge in [-0.05, 0) is 13.0 Å². The van der Waals surface area contributed by atoms with Crippen molar-refractivity contribution in [1.29, 1.82) is 0 Å². The van der Waals surface area contributed by atoms with Crippen molar-refractivity contribution >= 4 is 11.7 Å². The molecule has 100 valence electrons. The maximum absolute atomic E-state index is 11.9. The van der Waals surface area contributed by atoms with Crippen LogP contribution < -0.4 is 16.6 Å². The molecule has 0 spiro atoms. The summed E-state index contributed by atoms with van der Waals surface area (Å²) in [4.78, 5) is 19.8. The minimum atomic E-state index is -0.282. The minimum Gasteiger partial charge on any atom is -0.346 e. The van der Waals surface area contributed by atoms with Crippen LogP contribution >= 0.6 is 0 Å². The molecule has 0 fully saturated rings. The Balaban J connectivity index is 1.92. The van der Waals surface area contributed by atoms with Gasteiger partial charge in [0.1, 0.15) is 5.69 Å². The fourth-order valence-electron chi connectivity index (χ4n) is 1.55. The number of hydrogen-bond acceptors (Lipinski definition) is 6. The van der Waals surface area contributed by atoms with Crippen LogP contribution in [0.2, 0.25) is 0 Å². The van der Waals surface area contributed by atoms with E-state index in [9.17, 15) is 4.79 Å². The van der Waals surface area contributed by atoms with Crippen LogP contribution in [-0.2, 0) is 6.54 Å². The molecule has 2 heterocycles. The molecule has 0 saturated carbocycles. The van der Waals surface area contributed by atoms with E-state index in [1.54, 1.807) is 10.9 Å². The highest BCUT2D eigenvalue weighted by Crippen LogP contribution is 2.00. The predicted octanol–water partition coefficient (Wildman–Crippen LogP) is -0.223. The average Bonchev–Trinajstić information content (AvgIpc) is 2.91. The van der Waals surface area contributed by atoms with Crippen molar-refractivity contribution in [3.63, 3.8) is 0 Å². The smallest absolute Gasteiger partial charge is 0.271 e. The zero-order valence-electron chi connectivity index (χ0n) is 10.4. The molecule has 1 amide bonds. The summed E-state index contributed by atoms with van der Waals surface area (Å²) in [5.74, 6) is 5.29. The van der Waals surface area contributed by atoms with Crippen LogP contribution in [0, 0.1) is 0 Å².